The van der Waals surface area contributed by atoms with Crippen molar-refractivity contribution >= 4 is 21.7 Å². The van der Waals surface area contributed by atoms with Gasteiger partial charge in [-0.25, -0.2) is 13.2 Å². The summed E-state index contributed by atoms with van der Waals surface area (Å²) in [4.78, 5) is 25.7. The van der Waals surface area contributed by atoms with Gasteiger partial charge < -0.3 is 14.7 Å². The second kappa shape index (κ2) is 5.56. The first kappa shape index (κ1) is 16.9. The Kier molecular flexibility index (Phi) is 3.92. The van der Waals surface area contributed by atoms with Crippen LogP contribution < -0.4 is 0 Å². The second-order valence-corrected chi connectivity index (χ2v) is 9.19. The van der Waals surface area contributed by atoms with Crippen molar-refractivity contribution in [2.24, 2.45) is 5.92 Å². The van der Waals surface area contributed by atoms with Crippen LogP contribution in [0.3, 0.4) is 0 Å². The first-order chi connectivity index (χ1) is 11.2. The Morgan fingerprint density at radius 1 is 1.29 bits per heavy atom. The van der Waals surface area contributed by atoms with E-state index in [9.17, 15) is 23.1 Å². The normalized spacial score (nSPS) is 29.7. The van der Waals surface area contributed by atoms with Crippen LogP contribution >= 0.6 is 0 Å². The molecule has 2 fully saturated rings. The molecule has 8 heteroatoms. The molecule has 2 heterocycles. The molecule has 1 amide bonds. The van der Waals surface area contributed by atoms with Gasteiger partial charge in [0.1, 0.15) is 18.0 Å². The number of carbonyl (C=O) groups excluding carboxylic acids is 2. The lowest BCUT2D eigenvalue weighted by Gasteiger charge is -2.42. The minimum Gasteiger partial charge on any atom is -0.459 e. The number of β-lactam (4-membered cyclic amide) rings is 1. The number of amides is 1. The van der Waals surface area contributed by atoms with Crippen molar-refractivity contribution in [1.29, 1.82) is 0 Å². The number of hydrogen-bond donors (Lipinski definition) is 1. The molecule has 0 bridgehead atoms. The first-order valence-electron chi connectivity index (χ1n) is 7.60. The van der Waals surface area contributed by atoms with Crippen molar-refractivity contribution in [3.05, 3.63) is 35.9 Å². The molecule has 2 saturated heterocycles. The average molecular weight is 353 g/mol. The van der Waals surface area contributed by atoms with Crippen LogP contribution in [-0.4, -0.2) is 53.1 Å². The summed E-state index contributed by atoms with van der Waals surface area (Å²) >= 11 is 0. The Bertz CT molecular complexity index is 773. The van der Waals surface area contributed by atoms with Crippen LogP contribution in [0.2, 0.25) is 0 Å². The van der Waals surface area contributed by atoms with Gasteiger partial charge in [-0.05, 0) is 19.4 Å². The van der Waals surface area contributed by atoms with E-state index in [2.05, 4.69) is 0 Å². The smallest absolute Gasteiger partial charge is 0.330 e. The summed E-state index contributed by atoms with van der Waals surface area (Å²) < 4.78 is 29.1. The van der Waals surface area contributed by atoms with E-state index in [1.54, 1.807) is 24.3 Å². The van der Waals surface area contributed by atoms with Crippen LogP contribution in [0.25, 0.3) is 0 Å². The standard InChI is InChI=1S/C16H19NO6S/c1-16(2)12(15(20)23-9-10-6-4-3-5-7-10)17-13(19)11(8-18)14(17)24(16,21)22/h3-7,11-12,14,18H,8-9H2,1-2H3/t11-,12+,14-/m1/s1. The van der Waals surface area contributed by atoms with Crippen molar-refractivity contribution in [2.45, 2.75) is 36.6 Å². The largest absolute Gasteiger partial charge is 0.459 e. The molecule has 0 saturated carbocycles. The summed E-state index contributed by atoms with van der Waals surface area (Å²) in [6, 6.07) is 7.79. The zero-order valence-electron chi connectivity index (χ0n) is 13.4. The predicted molar refractivity (Wildman–Crippen MR) is 84.2 cm³/mol. The van der Waals surface area contributed by atoms with E-state index in [-0.39, 0.29) is 6.61 Å². The highest BCUT2D eigenvalue weighted by Crippen LogP contribution is 2.48. The second-order valence-electron chi connectivity index (χ2n) is 6.57. The number of aliphatic hydroxyl groups excluding tert-OH is 1. The third-order valence-electron chi connectivity index (χ3n) is 4.82. The van der Waals surface area contributed by atoms with Crippen molar-refractivity contribution in [2.75, 3.05) is 6.61 Å². The molecular formula is C16H19NO6S. The molecule has 1 aromatic carbocycles. The third kappa shape index (κ3) is 2.16. The van der Waals surface area contributed by atoms with E-state index in [1.807, 2.05) is 6.07 Å². The molecule has 0 aromatic heterocycles. The summed E-state index contributed by atoms with van der Waals surface area (Å²) in [6.07, 6.45) is 0. The third-order valence-corrected chi connectivity index (χ3v) is 7.70. The van der Waals surface area contributed by atoms with Gasteiger partial charge in [-0.2, -0.15) is 0 Å². The van der Waals surface area contributed by atoms with Gasteiger partial charge in [-0.3, -0.25) is 4.79 Å². The molecule has 1 aromatic rings. The van der Waals surface area contributed by atoms with Crippen molar-refractivity contribution in [3.8, 4) is 0 Å². The lowest BCUT2D eigenvalue weighted by Crippen LogP contribution is -2.64. The number of aliphatic hydroxyl groups is 1. The number of fused-ring (bicyclic) bond motifs is 1. The summed E-state index contributed by atoms with van der Waals surface area (Å²) in [7, 11) is -3.79. The Balaban J connectivity index is 1.84. The fourth-order valence-corrected chi connectivity index (χ4v) is 5.67. The molecule has 3 atom stereocenters. The molecule has 24 heavy (non-hydrogen) atoms. The van der Waals surface area contributed by atoms with Crippen LogP contribution in [0.4, 0.5) is 0 Å². The van der Waals surface area contributed by atoms with Gasteiger partial charge >= 0.3 is 5.97 Å². The Morgan fingerprint density at radius 3 is 2.50 bits per heavy atom. The number of ether oxygens (including phenoxy) is 1. The minimum absolute atomic E-state index is 0.00241. The van der Waals surface area contributed by atoms with Crippen LogP contribution in [0.5, 0.6) is 0 Å². The number of sulfone groups is 1. The monoisotopic (exact) mass is 353 g/mol. The zero-order chi connectivity index (χ0) is 17.7. The topological polar surface area (TPSA) is 101 Å². The summed E-state index contributed by atoms with van der Waals surface area (Å²) in [5.74, 6) is -2.28. The van der Waals surface area contributed by atoms with Crippen LogP contribution in [0.1, 0.15) is 19.4 Å². The lowest BCUT2D eigenvalue weighted by molar-refractivity contribution is -0.168. The van der Waals surface area contributed by atoms with Crippen LogP contribution in [-0.2, 0) is 30.8 Å². The molecular weight excluding hydrogens is 334 g/mol. The van der Waals surface area contributed by atoms with E-state index in [4.69, 9.17) is 4.74 Å². The van der Waals surface area contributed by atoms with Gasteiger partial charge in [-0.1, -0.05) is 30.3 Å². The number of carbonyl (C=O) groups is 2. The van der Waals surface area contributed by atoms with E-state index in [0.717, 1.165) is 10.5 Å². The molecule has 0 radical (unpaired) electrons. The van der Waals surface area contributed by atoms with Gasteiger partial charge in [0, 0.05) is 0 Å². The number of esters is 1. The van der Waals surface area contributed by atoms with Gasteiger partial charge in [-0.15, -0.1) is 0 Å². The summed E-state index contributed by atoms with van der Waals surface area (Å²) in [5.41, 5.74) is 0.768. The van der Waals surface area contributed by atoms with Crippen molar-refractivity contribution in [3.63, 3.8) is 0 Å². The summed E-state index contributed by atoms with van der Waals surface area (Å²) in [5, 5.41) is 8.10. The van der Waals surface area contributed by atoms with Crippen molar-refractivity contribution < 1.29 is 27.9 Å². The fraction of sp³-hybridized carbons (Fsp3) is 0.500. The molecule has 2 aliphatic rings. The van der Waals surface area contributed by atoms with Crippen LogP contribution in [0.15, 0.2) is 30.3 Å². The number of hydrogen-bond acceptors (Lipinski definition) is 6. The molecule has 3 rings (SSSR count). The number of nitrogens with zero attached hydrogens (tertiary/aromatic N) is 1. The van der Waals surface area contributed by atoms with Gasteiger partial charge in [0.05, 0.1) is 17.3 Å². The molecule has 0 aliphatic carbocycles. The molecule has 0 unspecified atom stereocenters. The highest BCUT2D eigenvalue weighted by atomic mass is 32.2. The molecule has 0 spiro atoms. The van der Waals surface area contributed by atoms with E-state index >= 15 is 0 Å². The first-order valence-corrected chi connectivity index (χ1v) is 9.15. The molecule has 2 aliphatic heterocycles. The lowest BCUT2D eigenvalue weighted by atomic mass is 9.92. The Labute approximate surface area is 140 Å². The minimum atomic E-state index is -3.79. The van der Waals surface area contributed by atoms with Gasteiger partial charge in [0.25, 0.3) is 0 Å². The predicted octanol–water partition coefficient (Wildman–Crippen LogP) is 0.0822. The highest BCUT2D eigenvalue weighted by molar-refractivity contribution is 7.93. The Hall–Kier alpha value is -1.93. The van der Waals surface area contributed by atoms with Gasteiger partial charge in [0.2, 0.25) is 5.91 Å². The molecule has 1 N–H and O–H groups in total. The molecule has 7 nitrogen and oxygen atoms in total. The maximum Gasteiger partial charge on any atom is 0.330 e. The van der Waals surface area contributed by atoms with E-state index in [0.29, 0.717) is 0 Å². The number of benzene rings is 1. The zero-order valence-corrected chi connectivity index (χ0v) is 14.2. The number of rotatable bonds is 4. The maximum atomic E-state index is 12.7. The van der Waals surface area contributed by atoms with Crippen LogP contribution in [0, 0.1) is 5.92 Å². The summed E-state index contributed by atoms with van der Waals surface area (Å²) in [6.45, 7) is 2.27. The quantitative estimate of drug-likeness (QED) is 0.608. The van der Waals surface area contributed by atoms with Crippen molar-refractivity contribution in [1.82, 2.24) is 4.90 Å². The maximum absolute atomic E-state index is 12.7. The Morgan fingerprint density at radius 2 is 1.92 bits per heavy atom. The average Bonchev–Trinajstić information content (AvgIpc) is 2.68. The molecule has 130 valence electrons. The fourth-order valence-electron chi connectivity index (χ4n) is 3.37. The van der Waals surface area contributed by atoms with Gasteiger partial charge in [0.15, 0.2) is 9.84 Å². The van der Waals surface area contributed by atoms with E-state index in [1.165, 1.54) is 13.8 Å². The highest BCUT2D eigenvalue weighted by Gasteiger charge is 2.72. The van der Waals surface area contributed by atoms with E-state index < -0.39 is 50.4 Å². The SMILES string of the molecule is CC1(C)[C@H](C(=O)OCc2ccccc2)N2C(=O)[C@@H](CO)[C@H]2S1(=O)=O.